The number of aliphatic hydroxyl groups excluding tert-OH is 1. The second-order valence-corrected chi connectivity index (χ2v) is 5.63. The molecule has 0 aliphatic heterocycles. The molecule has 1 amide bonds. The molecule has 7 heteroatoms. The second-order valence-electron chi connectivity index (χ2n) is 4.57. The van der Waals surface area contributed by atoms with Crippen LogP contribution in [0.1, 0.15) is 17.3 Å². The van der Waals surface area contributed by atoms with Crippen LogP contribution in [-0.2, 0) is 0 Å². The van der Waals surface area contributed by atoms with Gasteiger partial charge in [0.2, 0.25) is 0 Å². The molecule has 0 aliphatic rings. The molecular formula is C12H15N3O3S. The van der Waals surface area contributed by atoms with Crippen molar-refractivity contribution in [1.82, 2.24) is 10.3 Å². The van der Waals surface area contributed by atoms with E-state index >= 15 is 0 Å². The van der Waals surface area contributed by atoms with Crippen molar-refractivity contribution in [2.24, 2.45) is 0 Å². The topological polar surface area (TPSA) is 108 Å². The fourth-order valence-corrected chi connectivity index (χ4v) is 2.29. The van der Waals surface area contributed by atoms with Gasteiger partial charge in [-0.1, -0.05) is 11.3 Å². The van der Waals surface area contributed by atoms with Crippen molar-refractivity contribution in [3.63, 3.8) is 0 Å². The van der Waals surface area contributed by atoms with Gasteiger partial charge in [-0.3, -0.25) is 4.79 Å². The van der Waals surface area contributed by atoms with Gasteiger partial charge in [-0.05, 0) is 25.1 Å². The summed E-state index contributed by atoms with van der Waals surface area (Å²) in [6.45, 7) is 1.00. The number of nitrogens with one attached hydrogen (secondary N) is 1. The van der Waals surface area contributed by atoms with Crippen molar-refractivity contribution >= 4 is 32.6 Å². The van der Waals surface area contributed by atoms with E-state index in [4.69, 9.17) is 10.8 Å². The van der Waals surface area contributed by atoms with Gasteiger partial charge in [0.15, 0.2) is 5.13 Å². The highest BCUT2D eigenvalue weighted by molar-refractivity contribution is 7.22. The summed E-state index contributed by atoms with van der Waals surface area (Å²) < 4.78 is 0.832. The maximum absolute atomic E-state index is 11.9. The molecule has 102 valence electrons. The Morgan fingerprint density at radius 2 is 2.32 bits per heavy atom. The van der Waals surface area contributed by atoms with Crippen LogP contribution in [0.15, 0.2) is 18.2 Å². The lowest BCUT2D eigenvalue weighted by Gasteiger charge is -2.20. The van der Waals surface area contributed by atoms with Crippen LogP contribution in [0, 0.1) is 0 Å². The number of anilines is 1. The van der Waals surface area contributed by atoms with Gasteiger partial charge < -0.3 is 21.3 Å². The first-order chi connectivity index (χ1) is 8.91. The molecule has 0 saturated carbocycles. The molecule has 2 rings (SSSR count). The molecule has 1 atom stereocenters. The average molecular weight is 281 g/mol. The molecule has 6 nitrogen and oxygen atoms in total. The van der Waals surface area contributed by atoms with Crippen LogP contribution in [0.5, 0.6) is 0 Å². The predicted octanol–water partition coefficient (Wildman–Crippen LogP) is 0.352. The molecule has 0 spiro atoms. The summed E-state index contributed by atoms with van der Waals surface area (Å²) in [5, 5.41) is 21.5. The fourth-order valence-electron chi connectivity index (χ4n) is 1.51. The molecule has 1 aromatic heterocycles. The number of nitrogen functional groups attached to an aromatic ring is 1. The van der Waals surface area contributed by atoms with E-state index in [0.717, 1.165) is 10.2 Å². The first-order valence-corrected chi connectivity index (χ1v) is 6.50. The minimum atomic E-state index is -1.32. The lowest BCUT2D eigenvalue weighted by atomic mass is 10.1. The number of carbonyl (C=O) groups excluding carboxylic acids is 1. The first kappa shape index (κ1) is 13.7. The highest BCUT2D eigenvalue weighted by Gasteiger charge is 2.20. The Morgan fingerprint density at radius 3 is 3.00 bits per heavy atom. The van der Waals surface area contributed by atoms with Gasteiger partial charge in [-0.2, -0.15) is 0 Å². The SMILES string of the molecule is CC(O)(CO)CNC(=O)c1ccc2nc(N)sc2c1. The van der Waals surface area contributed by atoms with Crippen molar-refractivity contribution in [2.75, 3.05) is 18.9 Å². The van der Waals surface area contributed by atoms with E-state index in [2.05, 4.69) is 10.3 Å². The van der Waals surface area contributed by atoms with Crippen LogP contribution in [0.3, 0.4) is 0 Å². The van der Waals surface area contributed by atoms with E-state index < -0.39 is 12.2 Å². The Labute approximate surface area is 113 Å². The highest BCUT2D eigenvalue weighted by Crippen LogP contribution is 2.24. The Bertz CT molecular complexity index is 609. The van der Waals surface area contributed by atoms with E-state index in [9.17, 15) is 9.90 Å². The molecule has 0 saturated heterocycles. The normalized spacial score (nSPS) is 14.3. The van der Waals surface area contributed by atoms with Gasteiger partial charge in [0.1, 0.15) is 5.60 Å². The number of fused-ring (bicyclic) bond motifs is 1. The number of aromatic nitrogens is 1. The standard InChI is InChI=1S/C12H15N3O3S/c1-12(18,6-16)5-14-10(17)7-2-3-8-9(4-7)19-11(13)15-8/h2-4,16,18H,5-6H2,1H3,(H2,13,15)(H,14,17). The zero-order chi connectivity index (χ0) is 14.0. The smallest absolute Gasteiger partial charge is 0.251 e. The van der Waals surface area contributed by atoms with Crippen molar-refractivity contribution in [3.8, 4) is 0 Å². The van der Waals surface area contributed by atoms with Crippen LogP contribution < -0.4 is 11.1 Å². The molecule has 1 heterocycles. The van der Waals surface area contributed by atoms with Crippen LogP contribution in [0.4, 0.5) is 5.13 Å². The number of thiazole rings is 1. The molecule has 0 fully saturated rings. The van der Waals surface area contributed by atoms with Gasteiger partial charge in [0.25, 0.3) is 5.91 Å². The molecule has 1 aromatic carbocycles. The number of hydrogen-bond donors (Lipinski definition) is 4. The fraction of sp³-hybridized carbons (Fsp3) is 0.333. The van der Waals surface area contributed by atoms with E-state index in [-0.39, 0.29) is 12.5 Å². The molecule has 19 heavy (non-hydrogen) atoms. The molecule has 0 bridgehead atoms. The van der Waals surface area contributed by atoms with Crippen molar-refractivity contribution in [2.45, 2.75) is 12.5 Å². The third-order valence-corrected chi connectivity index (χ3v) is 3.48. The molecule has 0 aliphatic carbocycles. The van der Waals surface area contributed by atoms with Gasteiger partial charge in [0, 0.05) is 12.1 Å². The highest BCUT2D eigenvalue weighted by atomic mass is 32.1. The maximum atomic E-state index is 11.9. The number of benzene rings is 1. The molecule has 1 unspecified atom stereocenters. The third kappa shape index (κ3) is 3.19. The van der Waals surface area contributed by atoms with Crippen LogP contribution >= 0.6 is 11.3 Å². The largest absolute Gasteiger partial charge is 0.393 e. The number of hydrogen-bond acceptors (Lipinski definition) is 6. The minimum absolute atomic E-state index is 0.0226. The molecule has 0 radical (unpaired) electrons. The number of rotatable bonds is 4. The predicted molar refractivity (Wildman–Crippen MR) is 74.1 cm³/mol. The van der Waals surface area contributed by atoms with Crippen LogP contribution in [-0.4, -0.2) is 39.9 Å². The summed E-state index contributed by atoms with van der Waals surface area (Å²) in [5.41, 5.74) is 5.49. The Balaban J connectivity index is 2.13. The minimum Gasteiger partial charge on any atom is -0.393 e. The summed E-state index contributed by atoms with van der Waals surface area (Å²) in [4.78, 5) is 16.0. The average Bonchev–Trinajstić information content (AvgIpc) is 2.75. The Hall–Kier alpha value is -1.70. The van der Waals surface area contributed by atoms with Gasteiger partial charge in [-0.25, -0.2) is 4.98 Å². The van der Waals surface area contributed by atoms with E-state index in [1.807, 2.05) is 0 Å². The Kier molecular flexibility index (Phi) is 3.70. The molecule has 5 N–H and O–H groups in total. The molecular weight excluding hydrogens is 266 g/mol. The van der Waals surface area contributed by atoms with Gasteiger partial charge in [0.05, 0.1) is 16.8 Å². The number of nitrogens with zero attached hydrogens (tertiary/aromatic N) is 1. The number of amides is 1. The number of nitrogens with two attached hydrogens (primary N) is 1. The van der Waals surface area contributed by atoms with Crippen molar-refractivity contribution in [1.29, 1.82) is 0 Å². The maximum Gasteiger partial charge on any atom is 0.251 e. The van der Waals surface area contributed by atoms with Crippen molar-refractivity contribution in [3.05, 3.63) is 23.8 Å². The number of aliphatic hydroxyl groups is 2. The monoisotopic (exact) mass is 281 g/mol. The first-order valence-electron chi connectivity index (χ1n) is 5.69. The zero-order valence-corrected chi connectivity index (χ0v) is 11.2. The second kappa shape index (κ2) is 5.12. The zero-order valence-electron chi connectivity index (χ0n) is 10.4. The molecule has 2 aromatic rings. The summed E-state index contributed by atoms with van der Waals surface area (Å²) in [5.74, 6) is -0.317. The quantitative estimate of drug-likeness (QED) is 0.646. The van der Waals surface area contributed by atoms with E-state index in [1.54, 1.807) is 18.2 Å². The summed E-state index contributed by atoms with van der Waals surface area (Å²) in [7, 11) is 0. The van der Waals surface area contributed by atoms with E-state index in [0.29, 0.717) is 10.7 Å². The van der Waals surface area contributed by atoms with Gasteiger partial charge >= 0.3 is 0 Å². The van der Waals surface area contributed by atoms with E-state index in [1.165, 1.54) is 18.3 Å². The summed E-state index contributed by atoms with van der Waals surface area (Å²) in [6, 6.07) is 5.07. The summed E-state index contributed by atoms with van der Waals surface area (Å²) >= 11 is 1.31. The lowest BCUT2D eigenvalue weighted by Crippen LogP contribution is -2.43. The Morgan fingerprint density at radius 1 is 1.58 bits per heavy atom. The number of carbonyl (C=O) groups is 1. The van der Waals surface area contributed by atoms with Gasteiger partial charge in [-0.15, -0.1) is 0 Å². The third-order valence-electron chi connectivity index (χ3n) is 2.64. The van der Waals surface area contributed by atoms with Crippen LogP contribution in [0.2, 0.25) is 0 Å². The van der Waals surface area contributed by atoms with Crippen molar-refractivity contribution < 1.29 is 15.0 Å². The van der Waals surface area contributed by atoms with Crippen LogP contribution in [0.25, 0.3) is 10.2 Å². The summed E-state index contributed by atoms with van der Waals surface area (Å²) in [6.07, 6.45) is 0. The lowest BCUT2D eigenvalue weighted by molar-refractivity contribution is 0.00320.